The summed E-state index contributed by atoms with van der Waals surface area (Å²) >= 11 is 0. The van der Waals surface area contributed by atoms with Gasteiger partial charge in [-0.3, -0.25) is 0 Å². The first kappa shape index (κ1) is 10.4. The summed E-state index contributed by atoms with van der Waals surface area (Å²) in [7, 11) is 0. The van der Waals surface area contributed by atoms with Gasteiger partial charge in [0.05, 0.1) is 6.61 Å². The van der Waals surface area contributed by atoms with Crippen LogP contribution in [0.3, 0.4) is 0 Å². The van der Waals surface area contributed by atoms with Gasteiger partial charge in [0.1, 0.15) is 0 Å². The fourth-order valence-electron chi connectivity index (χ4n) is 0.828. The summed E-state index contributed by atoms with van der Waals surface area (Å²) in [6.07, 6.45) is 4.89. The van der Waals surface area contributed by atoms with Crippen LogP contribution in [0.25, 0.3) is 0 Å². The van der Waals surface area contributed by atoms with E-state index < -0.39 is 0 Å². The van der Waals surface area contributed by atoms with Gasteiger partial charge in [-0.2, -0.15) is 0 Å². The Morgan fingerprint density at radius 2 is 2.00 bits per heavy atom. The van der Waals surface area contributed by atoms with Crippen molar-refractivity contribution in [3.05, 3.63) is 23.8 Å². The lowest BCUT2D eigenvalue weighted by Crippen LogP contribution is -1.82. The second-order valence-corrected chi connectivity index (χ2v) is 3.00. The summed E-state index contributed by atoms with van der Waals surface area (Å²) in [5.41, 5.74) is 2.41. The van der Waals surface area contributed by atoms with Gasteiger partial charge in [0.2, 0.25) is 0 Å². The van der Waals surface area contributed by atoms with E-state index in [1.807, 2.05) is 13.8 Å². The molecule has 1 nitrogen and oxygen atoms in total. The van der Waals surface area contributed by atoms with Gasteiger partial charge in [-0.1, -0.05) is 17.2 Å². The quantitative estimate of drug-likeness (QED) is 0.541. The van der Waals surface area contributed by atoms with Gasteiger partial charge in [0, 0.05) is 0 Å². The minimum absolute atomic E-state index is 0.00933. The summed E-state index contributed by atoms with van der Waals surface area (Å²) < 4.78 is 0. The van der Waals surface area contributed by atoms with Crippen LogP contribution in [0.5, 0.6) is 0 Å². The maximum absolute atomic E-state index is 10.2. The predicted molar refractivity (Wildman–Crippen MR) is 48.0 cm³/mol. The van der Waals surface area contributed by atoms with Crippen molar-refractivity contribution in [2.75, 3.05) is 6.61 Å². The molecule has 0 N–H and O–H groups in total. The normalized spacial score (nSPS) is 11.7. The van der Waals surface area contributed by atoms with Crippen LogP contribution in [0.15, 0.2) is 23.8 Å². The average molecular weight is 153 g/mol. The van der Waals surface area contributed by atoms with Crippen LogP contribution in [0.2, 0.25) is 0 Å². The molecule has 0 unspecified atom stereocenters. The Bertz CT molecular complexity index is 145. The van der Waals surface area contributed by atoms with Crippen LogP contribution >= 0.6 is 0 Å². The maximum Gasteiger partial charge on any atom is 0.0859 e. The molecule has 0 fully saturated rings. The summed E-state index contributed by atoms with van der Waals surface area (Å²) in [5, 5.41) is 10.2. The summed E-state index contributed by atoms with van der Waals surface area (Å²) in [6.45, 7) is 7.85. The zero-order valence-corrected chi connectivity index (χ0v) is 7.52. The highest BCUT2D eigenvalue weighted by molar-refractivity contribution is 5.00. The predicted octanol–water partition coefficient (Wildman–Crippen LogP) is 3.11. The smallest absolute Gasteiger partial charge is 0.0859 e. The van der Waals surface area contributed by atoms with Crippen LogP contribution in [-0.2, 0) is 5.11 Å². The molecule has 0 aliphatic rings. The Kier molecular flexibility index (Phi) is 5.86. The molecular formula is C10H17O. The lowest BCUT2D eigenvalue weighted by Gasteiger charge is -1.97. The van der Waals surface area contributed by atoms with Crippen LogP contribution in [0, 0.1) is 0 Å². The van der Waals surface area contributed by atoms with Gasteiger partial charge in [0.15, 0.2) is 0 Å². The molecule has 63 valence electrons. The molecule has 0 rings (SSSR count). The lowest BCUT2D eigenvalue weighted by atomic mass is 10.1. The topological polar surface area (TPSA) is 19.9 Å². The molecule has 0 atom stereocenters. The fourth-order valence-corrected chi connectivity index (χ4v) is 0.828. The minimum atomic E-state index is 0.00933. The number of hydrogen-bond donors (Lipinski definition) is 0. The van der Waals surface area contributed by atoms with Crippen molar-refractivity contribution in [2.45, 2.75) is 33.1 Å². The largest absolute Gasteiger partial charge is 0.236 e. The minimum Gasteiger partial charge on any atom is -0.236 e. The molecule has 0 aromatic carbocycles. The Morgan fingerprint density at radius 1 is 1.36 bits per heavy atom. The van der Waals surface area contributed by atoms with Gasteiger partial charge in [-0.25, -0.2) is 5.11 Å². The molecule has 0 saturated heterocycles. The number of hydrogen-bond acceptors (Lipinski definition) is 0. The van der Waals surface area contributed by atoms with E-state index in [9.17, 15) is 5.11 Å². The van der Waals surface area contributed by atoms with E-state index in [0.29, 0.717) is 6.42 Å². The maximum atomic E-state index is 10.2. The molecule has 0 aromatic rings. The molecule has 0 aliphatic carbocycles. The van der Waals surface area contributed by atoms with Crippen molar-refractivity contribution < 1.29 is 5.11 Å². The van der Waals surface area contributed by atoms with E-state index >= 15 is 0 Å². The van der Waals surface area contributed by atoms with Crippen molar-refractivity contribution in [1.29, 1.82) is 0 Å². The summed E-state index contributed by atoms with van der Waals surface area (Å²) in [5.74, 6) is 0. The van der Waals surface area contributed by atoms with Crippen molar-refractivity contribution in [1.82, 2.24) is 0 Å². The number of allylic oxidation sites excluding steroid dienone is 2. The molecule has 0 spiro atoms. The van der Waals surface area contributed by atoms with Gasteiger partial charge >= 0.3 is 0 Å². The van der Waals surface area contributed by atoms with E-state index in [1.165, 1.54) is 11.1 Å². The van der Waals surface area contributed by atoms with E-state index in [0.717, 1.165) is 12.8 Å². The van der Waals surface area contributed by atoms with E-state index in [-0.39, 0.29) is 6.61 Å². The highest BCUT2D eigenvalue weighted by Crippen LogP contribution is 2.06. The summed E-state index contributed by atoms with van der Waals surface area (Å²) in [4.78, 5) is 0. The Morgan fingerprint density at radius 3 is 2.45 bits per heavy atom. The molecule has 0 aliphatic heterocycles. The van der Waals surface area contributed by atoms with Gasteiger partial charge in [-0.05, 0) is 33.1 Å². The summed E-state index contributed by atoms with van der Waals surface area (Å²) in [6, 6.07) is 0. The molecule has 1 heteroatoms. The van der Waals surface area contributed by atoms with Crippen molar-refractivity contribution >= 4 is 0 Å². The third-order valence-corrected chi connectivity index (χ3v) is 1.56. The second-order valence-electron chi connectivity index (χ2n) is 3.00. The van der Waals surface area contributed by atoms with E-state index in [2.05, 4.69) is 12.7 Å². The third-order valence-electron chi connectivity index (χ3n) is 1.56. The van der Waals surface area contributed by atoms with Crippen LogP contribution in [-0.4, -0.2) is 6.61 Å². The third kappa shape index (κ3) is 7.34. The molecule has 0 bridgehead atoms. The highest BCUT2D eigenvalue weighted by atomic mass is 16.2. The SMILES string of the molecule is C=C(C)CC/C=C(\C)CC[O]. The first-order valence-electron chi connectivity index (χ1n) is 4.05. The lowest BCUT2D eigenvalue weighted by molar-refractivity contribution is 0.197. The second kappa shape index (κ2) is 6.17. The first-order valence-corrected chi connectivity index (χ1v) is 4.05. The molecular weight excluding hydrogens is 136 g/mol. The fraction of sp³-hybridized carbons (Fsp3) is 0.600. The Labute approximate surface area is 69.4 Å². The standard InChI is InChI=1S/C10H17O/c1-9(2)5-4-6-10(3)7-8-11/h6H,1,4-5,7-8H2,2-3H3/b10-6+. The molecule has 0 amide bonds. The zero-order chi connectivity index (χ0) is 8.69. The molecule has 0 saturated carbocycles. The van der Waals surface area contributed by atoms with Crippen molar-refractivity contribution in [3.8, 4) is 0 Å². The molecule has 0 aromatic heterocycles. The molecule has 11 heavy (non-hydrogen) atoms. The number of rotatable bonds is 5. The zero-order valence-electron chi connectivity index (χ0n) is 7.52. The van der Waals surface area contributed by atoms with E-state index in [4.69, 9.17) is 0 Å². The van der Waals surface area contributed by atoms with Gasteiger partial charge in [-0.15, -0.1) is 6.58 Å². The van der Waals surface area contributed by atoms with Gasteiger partial charge in [0.25, 0.3) is 0 Å². The van der Waals surface area contributed by atoms with E-state index in [1.54, 1.807) is 0 Å². The van der Waals surface area contributed by atoms with Crippen LogP contribution in [0.4, 0.5) is 0 Å². The Balaban J connectivity index is 3.47. The van der Waals surface area contributed by atoms with Gasteiger partial charge < -0.3 is 0 Å². The van der Waals surface area contributed by atoms with Crippen molar-refractivity contribution in [2.24, 2.45) is 0 Å². The monoisotopic (exact) mass is 153 g/mol. The highest BCUT2D eigenvalue weighted by Gasteiger charge is 1.88. The average Bonchev–Trinajstić information content (AvgIpc) is 1.87. The molecule has 1 radical (unpaired) electrons. The first-order chi connectivity index (χ1) is 5.16. The Hall–Kier alpha value is -0.560. The van der Waals surface area contributed by atoms with Crippen LogP contribution in [0.1, 0.15) is 33.1 Å². The van der Waals surface area contributed by atoms with Crippen molar-refractivity contribution in [3.63, 3.8) is 0 Å². The molecule has 0 heterocycles. The van der Waals surface area contributed by atoms with Crippen LogP contribution < -0.4 is 0 Å².